The van der Waals surface area contributed by atoms with E-state index in [9.17, 15) is 14.0 Å². The number of halogens is 2. The van der Waals surface area contributed by atoms with Gasteiger partial charge in [-0.2, -0.15) is 0 Å². The third kappa shape index (κ3) is 2.75. The summed E-state index contributed by atoms with van der Waals surface area (Å²) in [5.74, 6) is -0.833. The van der Waals surface area contributed by atoms with Gasteiger partial charge in [-0.05, 0) is 30.3 Å². The molecule has 0 spiro atoms. The van der Waals surface area contributed by atoms with Crippen molar-refractivity contribution in [2.24, 2.45) is 0 Å². The SMILES string of the molecule is O=C(Nc1ccc(F)cc1)c1c[nH]c(=O)c(Cl)c1. The van der Waals surface area contributed by atoms with Crippen molar-refractivity contribution in [2.75, 3.05) is 5.32 Å². The normalized spacial score (nSPS) is 10.1. The van der Waals surface area contributed by atoms with Gasteiger partial charge in [0.05, 0.1) is 5.56 Å². The molecule has 0 saturated heterocycles. The molecule has 18 heavy (non-hydrogen) atoms. The molecular formula is C12H8ClFN2O2. The molecular weight excluding hydrogens is 259 g/mol. The average molecular weight is 267 g/mol. The molecule has 4 nitrogen and oxygen atoms in total. The predicted molar refractivity (Wildman–Crippen MR) is 66.4 cm³/mol. The Hall–Kier alpha value is -2.14. The number of hydrogen-bond donors (Lipinski definition) is 2. The topological polar surface area (TPSA) is 62.0 Å². The Morgan fingerprint density at radius 2 is 1.94 bits per heavy atom. The van der Waals surface area contributed by atoms with Gasteiger partial charge in [-0.1, -0.05) is 11.6 Å². The first-order valence-corrected chi connectivity index (χ1v) is 5.39. The Kier molecular flexibility index (Phi) is 3.43. The third-order valence-corrected chi connectivity index (χ3v) is 2.50. The van der Waals surface area contributed by atoms with E-state index in [1.54, 1.807) is 0 Å². The van der Waals surface area contributed by atoms with Gasteiger partial charge in [-0.3, -0.25) is 9.59 Å². The zero-order valence-electron chi connectivity index (χ0n) is 9.04. The third-order valence-electron chi connectivity index (χ3n) is 2.22. The van der Waals surface area contributed by atoms with Crippen LogP contribution in [0.15, 0.2) is 41.3 Å². The fraction of sp³-hybridized carbons (Fsp3) is 0. The van der Waals surface area contributed by atoms with E-state index in [4.69, 9.17) is 11.6 Å². The van der Waals surface area contributed by atoms with Crippen molar-refractivity contribution in [2.45, 2.75) is 0 Å². The van der Waals surface area contributed by atoms with Gasteiger partial charge in [0.2, 0.25) is 0 Å². The fourth-order valence-corrected chi connectivity index (χ4v) is 1.50. The van der Waals surface area contributed by atoms with Crippen LogP contribution in [0, 0.1) is 5.82 Å². The van der Waals surface area contributed by atoms with Crippen molar-refractivity contribution >= 4 is 23.2 Å². The van der Waals surface area contributed by atoms with Crippen LogP contribution in [0.5, 0.6) is 0 Å². The highest BCUT2D eigenvalue weighted by molar-refractivity contribution is 6.30. The van der Waals surface area contributed by atoms with E-state index in [0.29, 0.717) is 5.69 Å². The molecule has 0 aliphatic heterocycles. The number of benzene rings is 1. The second kappa shape index (κ2) is 5.01. The molecule has 0 fully saturated rings. The maximum atomic E-state index is 12.7. The minimum absolute atomic E-state index is 0.0678. The van der Waals surface area contributed by atoms with E-state index in [-0.39, 0.29) is 16.4 Å². The van der Waals surface area contributed by atoms with E-state index >= 15 is 0 Å². The minimum Gasteiger partial charge on any atom is -0.327 e. The van der Waals surface area contributed by atoms with E-state index in [0.717, 1.165) is 0 Å². The zero-order chi connectivity index (χ0) is 13.1. The van der Waals surface area contributed by atoms with Gasteiger partial charge in [-0.25, -0.2) is 4.39 Å². The first kappa shape index (κ1) is 12.3. The van der Waals surface area contributed by atoms with Crippen LogP contribution in [0.3, 0.4) is 0 Å². The molecule has 0 unspecified atom stereocenters. The lowest BCUT2D eigenvalue weighted by molar-refractivity contribution is 0.102. The first-order valence-electron chi connectivity index (χ1n) is 5.01. The number of nitrogens with one attached hydrogen (secondary N) is 2. The van der Waals surface area contributed by atoms with Crippen LogP contribution >= 0.6 is 11.6 Å². The van der Waals surface area contributed by atoms with Gasteiger partial charge in [0.15, 0.2) is 0 Å². The van der Waals surface area contributed by atoms with Crippen LogP contribution in [-0.4, -0.2) is 10.9 Å². The number of amides is 1. The van der Waals surface area contributed by atoms with Gasteiger partial charge in [0.1, 0.15) is 10.8 Å². The molecule has 2 rings (SSSR count). The maximum absolute atomic E-state index is 12.7. The molecule has 6 heteroatoms. The second-order valence-electron chi connectivity index (χ2n) is 3.53. The summed E-state index contributed by atoms with van der Waals surface area (Å²) in [4.78, 5) is 25.1. The number of pyridine rings is 1. The molecule has 92 valence electrons. The number of rotatable bonds is 2. The van der Waals surface area contributed by atoms with Crippen LogP contribution in [0.1, 0.15) is 10.4 Å². The molecule has 0 aliphatic rings. The molecule has 0 aliphatic carbocycles. The lowest BCUT2D eigenvalue weighted by atomic mass is 10.2. The maximum Gasteiger partial charge on any atom is 0.266 e. The standard InChI is InChI=1S/C12H8ClFN2O2/c13-10-5-7(6-15-12(10)18)11(17)16-9-3-1-8(14)2-4-9/h1-6H,(H,15,18)(H,16,17). The van der Waals surface area contributed by atoms with Crippen LogP contribution < -0.4 is 10.9 Å². The molecule has 0 bridgehead atoms. The summed E-state index contributed by atoms with van der Waals surface area (Å²) in [6, 6.07) is 6.59. The Morgan fingerprint density at radius 1 is 1.28 bits per heavy atom. The van der Waals surface area contributed by atoms with Crippen LogP contribution in [0.25, 0.3) is 0 Å². The number of aromatic amines is 1. The number of H-pyrrole nitrogens is 1. The highest BCUT2D eigenvalue weighted by Crippen LogP contribution is 2.11. The number of hydrogen-bond acceptors (Lipinski definition) is 2. The number of anilines is 1. The summed E-state index contributed by atoms with van der Waals surface area (Å²) in [7, 11) is 0. The van der Waals surface area contributed by atoms with Crippen LogP contribution in [0.4, 0.5) is 10.1 Å². The van der Waals surface area contributed by atoms with E-state index in [1.165, 1.54) is 36.5 Å². The molecule has 0 atom stereocenters. The average Bonchev–Trinajstić information content (AvgIpc) is 2.35. The van der Waals surface area contributed by atoms with Gasteiger partial charge in [-0.15, -0.1) is 0 Å². The molecule has 0 saturated carbocycles. The van der Waals surface area contributed by atoms with E-state index < -0.39 is 11.5 Å². The Bertz CT molecular complexity index is 637. The molecule has 1 heterocycles. The molecule has 0 radical (unpaired) electrons. The highest BCUT2D eigenvalue weighted by atomic mass is 35.5. The van der Waals surface area contributed by atoms with Crippen molar-refractivity contribution in [3.63, 3.8) is 0 Å². The zero-order valence-corrected chi connectivity index (χ0v) is 9.79. The fourth-order valence-electron chi connectivity index (χ4n) is 1.32. The molecule has 2 aromatic rings. The molecule has 1 amide bonds. The predicted octanol–water partition coefficient (Wildman–Crippen LogP) is 2.42. The van der Waals surface area contributed by atoms with Gasteiger partial charge in [0.25, 0.3) is 11.5 Å². The number of carbonyl (C=O) groups is 1. The Labute approximate surface area is 106 Å². The number of carbonyl (C=O) groups excluding carboxylic acids is 1. The molecule has 1 aromatic carbocycles. The Morgan fingerprint density at radius 3 is 2.56 bits per heavy atom. The smallest absolute Gasteiger partial charge is 0.266 e. The minimum atomic E-state index is -0.463. The quantitative estimate of drug-likeness (QED) is 0.877. The highest BCUT2D eigenvalue weighted by Gasteiger charge is 2.08. The largest absolute Gasteiger partial charge is 0.327 e. The van der Waals surface area contributed by atoms with Crippen molar-refractivity contribution in [1.82, 2.24) is 4.98 Å². The number of aromatic nitrogens is 1. The van der Waals surface area contributed by atoms with Gasteiger partial charge in [0, 0.05) is 11.9 Å². The second-order valence-corrected chi connectivity index (χ2v) is 3.93. The lowest BCUT2D eigenvalue weighted by Crippen LogP contribution is -2.15. The van der Waals surface area contributed by atoms with Crippen molar-refractivity contribution in [3.8, 4) is 0 Å². The first-order chi connectivity index (χ1) is 8.56. The molecule has 1 aromatic heterocycles. The van der Waals surface area contributed by atoms with Gasteiger partial charge < -0.3 is 10.3 Å². The summed E-state index contributed by atoms with van der Waals surface area (Å²) in [6.45, 7) is 0. The summed E-state index contributed by atoms with van der Waals surface area (Å²) < 4.78 is 12.7. The van der Waals surface area contributed by atoms with E-state index in [2.05, 4.69) is 10.3 Å². The Balaban J connectivity index is 2.19. The lowest BCUT2D eigenvalue weighted by Gasteiger charge is -2.04. The van der Waals surface area contributed by atoms with Crippen LogP contribution in [-0.2, 0) is 0 Å². The summed E-state index contributed by atoms with van der Waals surface area (Å²) >= 11 is 5.61. The van der Waals surface area contributed by atoms with Gasteiger partial charge >= 0.3 is 0 Å². The van der Waals surface area contributed by atoms with Crippen molar-refractivity contribution in [1.29, 1.82) is 0 Å². The summed E-state index contributed by atoms with van der Waals surface area (Å²) in [6.07, 6.45) is 1.26. The monoisotopic (exact) mass is 266 g/mol. The van der Waals surface area contributed by atoms with Crippen molar-refractivity contribution in [3.05, 3.63) is 63.3 Å². The van der Waals surface area contributed by atoms with E-state index in [1.807, 2.05) is 0 Å². The van der Waals surface area contributed by atoms with Crippen molar-refractivity contribution < 1.29 is 9.18 Å². The molecule has 2 N–H and O–H groups in total. The summed E-state index contributed by atoms with van der Waals surface area (Å²) in [5, 5.41) is 2.48. The summed E-state index contributed by atoms with van der Waals surface area (Å²) in [5.41, 5.74) is 0.197. The van der Waals surface area contributed by atoms with Crippen LogP contribution in [0.2, 0.25) is 5.02 Å².